The molecule has 0 radical (unpaired) electrons. The second kappa shape index (κ2) is 35.9. The summed E-state index contributed by atoms with van der Waals surface area (Å²) in [6.45, 7) is 14.9. The van der Waals surface area contributed by atoms with Gasteiger partial charge in [-0.1, -0.05) is 26.8 Å². The van der Waals surface area contributed by atoms with Crippen LogP contribution in [0.2, 0.25) is 0 Å². The van der Waals surface area contributed by atoms with E-state index in [0.717, 1.165) is 11.1 Å². The molecule has 464 valence electrons. The molecule has 0 fully saturated rings. The van der Waals surface area contributed by atoms with Gasteiger partial charge in [0.15, 0.2) is 6.54 Å². The number of fused-ring (bicyclic) bond motifs is 2. The summed E-state index contributed by atoms with van der Waals surface area (Å²) < 4.78 is 171. The molecular formula is C55H82N2O22S3-2. The number of aliphatic carboxylic acids is 1. The number of rotatable bonds is 44. The van der Waals surface area contributed by atoms with Crippen LogP contribution >= 0.6 is 0 Å². The van der Waals surface area contributed by atoms with Gasteiger partial charge in [0.2, 0.25) is 5.36 Å². The van der Waals surface area contributed by atoms with E-state index in [-0.39, 0.29) is 83.8 Å². The standard InChI is InChI=1S/C55H84N2O22S3/c1-54(2,3)48-42-45(79-51-41-44(11-13-47(48)51)56(17-8-40-81(63,64)65)18-21-71-26-29-75-34-37-77-32-31-73-24-23-69-5)9-6-10-52-55(4,16-7-39-80(60,61)62)49-43-46(82(66,67)68)12-14-50(49)57(52)19-22-72-27-30-76-35-38-78-36-33-74-28-25-70-20-15-53(58)59/h6,9-14,41-43H,7-8,15-40H2,1-5H3,(H3-,58,59,60,61,62,63,64,65,66,67,68)/p-2. The fourth-order valence-electron chi connectivity index (χ4n) is 8.80. The van der Waals surface area contributed by atoms with E-state index >= 15 is 0 Å². The van der Waals surface area contributed by atoms with Gasteiger partial charge in [0.05, 0.1) is 157 Å². The van der Waals surface area contributed by atoms with Crippen LogP contribution in [0.1, 0.15) is 70.3 Å². The van der Waals surface area contributed by atoms with Crippen molar-refractivity contribution in [2.75, 3.05) is 169 Å². The Kier molecular flexibility index (Phi) is 30.7. The Labute approximate surface area is 482 Å². The molecule has 0 amide bonds. The Bertz CT molecular complexity index is 2850. The Hall–Kier alpha value is -4.27. The van der Waals surface area contributed by atoms with E-state index in [2.05, 4.69) is 20.8 Å². The molecule has 82 heavy (non-hydrogen) atoms. The first-order valence-corrected chi connectivity index (χ1v) is 31.7. The number of hydrogen-bond donors (Lipinski definition) is 1. The lowest BCUT2D eigenvalue weighted by atomic mass is 9.77. The van der Waals surface area contributed by atoms with Gasteiger partial charge in [0, 0.05) is 60.0 Å². The van der Waals surface area contributed by atoms with E-state index < -0.39 is 58.1 Å². The first kappa shape index (κ1) is 70.2. The maximum Gasteiger partial charge on any atom is 0.305 e. The van der Waals surface area contributed by atoms with Crippen LogP contribution in [0.3, 0.4) is 0 Å². The second-order valence-electron chi connectivity index (χ2n) is 20.1. The van der Waals surface area contributed by atoms with Gasteiger partial charge in [-0.05, 0) is 78.8 Å². The molecule has 0 saturated heterocycles. The zero-order valence-corrected chi connectivity index (χ0v) is 50.2. The molecule has 0 aromatic heterocycles. The van der Waals surface area contributed by atoms with E-state index in [1.165, 1.54) is 18.2 Å². The van der Waals surface area contributed by atoms with E-state index in [0.29, 0.717) is 126 Å². The molecule has 3 aliphatic rings. The minimum Gasteiger partial charge on any atom is -0.748 e. The predicted molar refractivity (Wildman–Crippen MR) is 300 cm³/mol. The van der Waals surface area contributed by atoms with Gasteiger partial charge in [-0.15, -0.1) is 0 Å². The maximum atomic E-state index is 12.4. The number of benzene rings is 2. The largest absolute Gasteiger partial charge is 0.748 e. The highest BCUT2D eigenvalue weighted by Gasteiger charge is 2.43. The number of carbonyl (C=O) groups is 1. The molecule has 1 atom stereocenters. The highest BCUT2D eigenvalue weighted by Crippen LogP contribution is 2.51. The lowest BCUT2D eigenvalue weighted by Gasteiger charge is -2.30. The fourth-order valence-corrected chi connectivity index (χ4v) is 10.3. The predicted octanol–water partition coefficient (Wildman–Crippen LogP) is 3.56. The van der Waals surface area contributed by atoms with Crippen LogP contribution in [0.25, 0.3) is 17.4 Å². The highest BCUT2D eigenvalue weighted by molar-refractivity contribution is 7.86. The average Bonchev–Trinajstić information content (AvgIpc) is 2.35. The molecule has 27 heteroatoms. The molecule has 1 unspecified atom stereocenters. The molecule has 2 aliphatic heterocycles. The summed E-state index contributed by atoms with van der Waals surface area (Å²) in [5.41, 5.74) is 1.87. The van der Waals surface area contributed by atoms with Crippen LogP contribution in [-0.4, -0.2) is 214 Å². The summed E-state index contributed by atoms with van der Waals surface area (Å²) in [7, 11) is -12.4. The summed E-state index contributed by atoms with van der Waals surface area (Å²) >= 11 is 0. The third kappa shape index (κ3) is 26.3. The fraction of sp³-hybridized carbons (Fsp3) is 0.636. The molecule has 4 rings (SSSR count). The van der Waals surface area contributed by atoms with Gasteiger partial charge in [0.1, 0.15) is 34.8 Å². The van der Waals surface area contributed by atoms with Crippen molar-refractivity contribution in [3.8, 4) is 11.3 Å². The van der Waals surface area contributed by atoms with Crippen molar-refractivity contribution in [3.05, 3.63) is 82.6 Å². The molecule has 24 nitrogen and oxygen atoms in total. The van der Waals surface area contributed by atoms with Gasteiger partial charge < -0.3 is 75.5 Å². The van der Waals surface area contributed by atoms with Gasteiger partial charge >= 0.3 is 5.97 Å². The van der Waals surface area contributed by atoms with E-state index in [9.17, 15) is 43.7 Å². The summed E-state index contributed by atoms with van der Waals surface area (Å²) in [6, 6.07) is 11.6. The van der Waals surface area contributed by atoms with Gasteiger partial charge in [-0.25, -0.2) is 29.8 Å². The highest BCUT2D eigenvalue weighted by atomic mass is 32.2. The van der Waals surface area contributed by atoms with E-state index in [1.807, 2.05) is 33.7 Å². The van der Waals surface area contributed by atoms with Crippen molar-refractivity contribution in [2.45, 2.75) is 69.1 Å². The maximum absolute atomic E-state index is 12.4. The van der Waals surface area contributed by atoms with E-state index in [4.69, 9.17) is 56.9 Å². The van der Waals surface area contributed by atoms with E-state index in [1.54, 1.807) is 32.3 Å². The molecule has 0 spiro atoms. The van der Waals surface area contributed by atoms with Crippen molar-refractivity contribution in [2.24, 2.45) is 0 Å². The quantitative estimate of drug-likeness (QED) is 0.0480. The van der Waals surface area contributed by atoms with Crippen molar-refractivity contribution in [1.29, 1.82) is 0 Å². The molecule has 1 aromatic rings. The lowest BCUT2D eigenvalue weighted by Crippen LogP contribution is -2.35. The number of allylic oxidation sites excluding steroid dienone is 3. The first-order chi connectivity index (χ1) is 38.9. The van der Waals surface area contributed by atoms with Crippen LogP contribution in [0.5, 0.6) is 0 Å². The van der Waals surface area contributed by atoms with Crippen LogP contribution in [0.4, 0.5) is 5.69 Å². The van der Waals surface area contributed by atoms with Crippen molar-refractivity contribution in [3.63, 3.8) is 0 Å². The molecule has 1 aliphatic carbocycles. The zero-order chi connectivity index (χ0) is 60.1. The molecule has 2 heterocycles. The van der Waals surface area contributed by atoms with Crippen molar-refractivity contribution >= 4 is 48.1 Å². The molecule has 0 saturated carbocycles. The molecule has 1 aromatic carbocycles. The van der Waals surface area contributed by atoms with Crippen molar-refractivity contribution < 1.29 is 101 Å². The third-order valence-electron chi connectivity index (χ3n) is 12.8. The normalized spacial score (nSPS) is 16.0. The van der Waals surface area contributed by atoms with Gasteiger partial charge in [-0.3, -0.25) is 4.79 Å². The molecular weight excluding hydrogens is 1140 g/mol. The minimum atomic E-state index is -4.91. The van der Waals surface area contributed by atoms with Crippen LogP contribution < -0.4 is 14.8 Å². The van der Waals surface area contributed by atoms with Gasteiger partial charge in [0.25, 0.3) is 0 Å². The minimum absolute atomic E-state index is 0.0707. The lowest BCUT2D eigenvalue weighted by molar-refractivity contribution is -0.138. The van der Waals surface area contributed by atoms with Crippen LogP contribution in [-0.2, 0) is 93.3 Å². The first-order valence-electron chi connectivity index (χ1n) is 27.1. The number of ether oxygens (including phenoxy) is 10. The van der Waals surface area contributed by atoms with Crippen molar-refractivity contribution in [1.82, 2.24) is 4.58 Å². The molecule has 1 N–H and O–H groups in total. The number of hydrogen-bond acceptors (Lipinski definition) is 22. The summed E-state index contributed by atoms with van der Waals surface area (Å²) in [5.74, 6) is -1.20. The zero-order valence-electron chi connectivity index (χ0n) is 47.7. The topological polar surface area (TPSA) is 321 Å². The summed E-state index contributed by atoms with van der Waals surface area (Å²) in [5, 5.41) is 9.34. The smallest absolute Gasteiger partial charge is 0.305 e. The van der Waals surface area contributed by atoms with Crippen LogP contribution in [0.15, 0.2) is 69.6 Å². The summed E-state index contributed by atoms with van der Waals surface area (Å²) in [6.07, 6.45) is 5.29. The Balaban J connectivity index is 1.55. The Morgan fingerprint density at radius 3 is 1.68 bits per heavy atom. The Morgan fingerprint density at radius 2 is 1.17 bits per heavy atom. The third-order valence-corrected chi connectivity index (χ3v) is 15.2. The number of methoxy groups -OCH3 is 1. The molecule has 0 bridgehead atoms. The average molecular weight is 1220 g/mol. The van der Waals surface area contributed by atoms with Gasteiger partial charge in [-0.2, -0.15) is 0 Å². The second-order valence-corrected chi connectivity index (χ2v) is 24.6. The van der Waals surface area contributed by atoms with Crippen LogP contribution in [0, 0.1) is 0 Å². The SMILES string of the molecule is COCCOCCOCCOCCOCC[N+](CCCS(=O)(=O)[O-])=c1ccc2c(C(C)(C)C)cc(/C=C/C=C3/N(CCOCCOCCOCCOCCOCCC(=O)O)c4ccc(S(=O)(=O)[O-])cc4C3(C)CCCS(=O)(=O)[O-])oc-2c1. The number of anilines is 1. The monoisotopic (exact) mass is 1220 g/mol. The number of carboxylic acid groups (broad SMARTS) is 1. The Morgan fingerprint density at radius 1 is 0.659 bits per heavy atom. The number of nitrogens with zero attached hydrogens (tertiary/aromatic N) is 2. The summed E-state index contributed by atoms with van der Waals surface area (Å²) in [4.78, 5) is 12.0. The number of carboxylic acids is 1.